The number of alkyl halides is 3. The van der Waals surface area contributed by atoms with Crippen molar-refractivity contribution in [3.05, 3.63) is 0 Å². The first kappa shape index (κ1) is 10.2. The minimum absolute atomic E-state index is 0. The second-order valence-electron chi connectivity index (χ2n) is 0.247. The van der Waals surface area contributed by atoms with Crippen LogP contribution in [0.1, 0.15) is 0 Å². The lowest BCUT2D eigenvalue weighted by Gasteiger charge is -1.71. The number of hydrogen-bond donors (Lipinski definition) is 1. The molecule has 0 saturated carbocycles. The summed E-state index contributed by atoms with van der Waals surface area (Å²) in [7, 11) is 0. The van der Waals surface area contributed by atoms with Gasteiger partial charge in [-0.3, -0.25) is 0 Å². The van der Waals surface area contributed by atoms with Crippen molar-refractivity contribution in [3.63, 3.8) is 0 Å². The summed E-state index contributed by atoms with van der Waals surface area (Å²) in [5, 5.41) is 0. The lowest BCUT2D eigenvalue weighted by atomic mass is 12.0. The van der Waals surface area contributed by atoms with Crippen molar-refractivity contribution in [1.82, 2.24) is 6.15 Å². The van der Waals surface area contributed by atoms with Gasteiger partial charge in [0.15, 0.2) is 0 Å². The second-order valence-corrected chi connectivity index (χ2v) is 11.1. The van der Waals surface area contributed by atoms with Gasteiger partial charge >= 0.3 is 0 Å². The van der Waals surface area contributed by atoms with Crippen LogP contribution in [0.5, 0.6) is 0 Å². The summed E-state index contributed by atoms with van der Waals surface area (Å²) in [4.78, 5) is 0. The number of halogens is 3. The van der Waals surface area contributed by atoms with Gasteiger partial charge in [-0.25, -0.2) is 0 Å². The molecule has 0 aliphatic carbocycles. The molecule has 0 saturated heterocycles. The van der Waals surface area contributed by atoms with E-state index in [1.54, 1.807) is 0 Å². The van der Waals surface area contributed by atoms with Gasteiger partial charge in [0, 0.05) is 0 Å². The predicted octanol–water partition coefficient (Wildman–Crippen LogP) is 2.74. The van der Waals surface area contributed by atoms with Crippen LogP contribution in [0.2, 0.25) is 0 Å². The van der Waals surface area contributed by atoms with Gasteiger partial charge in [-0.1, -0.05) is 67.8 Å². The summed E-state index contributed by atoms with van der Waals surface area (Å²) in [6.45, 7) is 0. The first-order valence-electron chi connectivity index (χ1n) is 0.655. The van der Waals surface area contributed by atoms with Gasteiger partial charge in [0.05, 0.1) is 0 Å². The molecule has 5 heavy (non-hydrogen) atoms. The van der Waals surface area contributed by atoms with Crippen molar-refractivity contribution in [3.8, 4) is 0 Å². The monoisotopic (exact) mass is 411 g/mol. The van der Waals surface area contributed by atoms with Crippen molar-refractivity contribution in [2.45, 2.75) is -0.0619 Å². The zero-order valence-electron chi connectivity index (χ0n) is 2.42. The molecule has 0 atom stereocenters. The highest BCUT2D eigenvalue weighted by atomic mass is 127. The fraction of sp³-hybridized carbons (Fsp3) is 1.00. The van der Waals surface area contributed by atoms with E-state index in [9.17, 15) is 0 Å². The van der Waals surface area contributed by atoms with E-state index in [1.165, 1.54) is 0 Å². The van der Waals surface area contributed by atoms with E-state index < -0.39 is 0 Å². The van der Waals surface area contributed by atoms with E-state index in [4.69, 9.17) is 0 Å². The average molecular weight is 411 g/mol. The van der Waals surface area contributed by atoms with Crippen molar-refractivity contribution in [2.24, 2.45) is 0 Å². The molecular formula is CH4I3N. The minimum Gasteiger partial charge on any atom is -0.344 e. The van der Waals surface area contributed by atoms with Gasteiger partial charge in [-0.2, -0.15) is 0 Å². The highest BCUT2D eigenvalue weighted by Gasteiger charge is 1.76. The van der Waals surface area contributed by atoms with Crippen LogP contribution < -0.4 is 6.15 Å². The molecule has 0 fully saturated rings. The highest BCUT2D eigenvalue weighted by Crippen LogP contribution is 2.16. The third-order valence-electron chi connectivity index (χ3n) is 0. The highest BCUT2D eigenvalue weighted by molar-refractivity contribution is 14.3. The van der Waals surface area contributed by atoms with Gasteiger partial charge in [0.1, 0.15) is -0.0619 Å². The lowest BCUT2D eigenvalue weighted by Crippen LogP contribution is -1.47. The molecule has 0 bridgehead atoms. The maximum Gasteiger partial charge on any atom is 0.114 e. The smallest absolute Gasteiger partial charge is 0.114 e. The summed E-state index contributed by atoms with van der Waals surface area (Å²) in [6, 6.07) is 0. The molecule has 0 spiro atoms. The summed E-state index contributed by atoms with van der Waals surface area (Å²) in [5.74, 6) is 0. The molecule has 0 heterocycles. The van der Waals surface area contributed by atoms with E-state index in [0.717, 1.165) is -0.0619 Å². The lowest BCUT2D eigenvalue weighted by molar-refractivity contribution is 2.13. The van der Waals surface area contributed by atoms with E-state index >= 15 is 0 Å². The summed E-state index contributed by atoms with van der Waals surface area (Å²) in [6.07, 6.45) is 0. The molecule has 0 aromatic heterocycles. The Balaban J connectivity index is 0. The Morgan fingerprint density at radius 1 is 1.00 bits per heavy atom. The molecule has 0 amide bonds. The summed E-state index contributed by atoms with van der Waals surface area (Å²) >= 11 is 6.95. The van der Waals surface area contributed by atoms with E-state index in [2.05, 4.69) is 67.8 Å². The Labute approximate surface area is 72.7 Å². The Kier molecular flexibility index (Phi) is 12.5. The van der Waals surface area contributed by atoms with Crippen LogP contribution >= 0.6 is 67.8 Å². The predicted molar refractivity (Wildman–Crippen MR) is 50.9 cm³/mol. The van der Waals surface area contributed by atoms with Crippen LogP contribution in [0.25, 0.3) is 0 Å². The molecule has 3 N–H and O–H groups in total. The molecule has 0 aliphatic heterocycles. The molecular weight excluding hydrogens is 407 g/mol. The van der Waals surface area contributed by atoms with E-state index in [0.29, 0.717) is 0 Å². The first-order valence-corrected chi connectivity index (χ1v) is 4.39. The molecule has 0 aromatic rings. The molecule has 0 radical (unpaired) electrons. The van der Waals surface area contributed by atoms with Crippen molar-refractivity contribution in [1.29, 1.82) is 0 Å². The maximum atomic E-state index is 2.32. The summed E-state index contributed by atoms with van der Waals surface area (Å²) < 4.78 is 0.743. The molecule has 0 rings (SSSR count). The van der Waals surface area contributed by atoms with Crippen LogP contribution in [0.15, 0.2) is 0 Å². The molecule has 4 heteroatoms. The fourth-order valence-electron chi connectivity index (χ4n) is 0. The van der Waals surface area contributed by atoms with Crippen molar-refractivity contribution in [2.75, 3.05) is 0 Å². The molecule has 0 aliphatic rings. The zero-order chi connectivity index (χ0) is 3.58. The minimum atomic E-state index is 0. The molecule has 0 unspecified atom stereocenters. The Hall–Kier alpha value is 2.15. The maximum absolute atomic E-state index is 2.32. The largest absolute Gasteiger partial charge is 0.344 e. The quantitative estimate of drug-likeness (QED) is 0.484. The van der Waals surface area contributed by atoms with Gasteiger partial charge in [-0.05, 0) is 0 Å². The molecule has 1 nitrogen and oxygen atoms in total. The van der Waals surface area contributed by atoms with Crippen LogP contribution in [0.3, 0.4) is 0 Å². The Bertz CT molecular complexity index is 11.6. The van der Waals surface area contributed by atoms with Gasteiger partial charge < -0.3 is 6.15 Å². The number of rotatable bonds is 0. The van der Waals surface area contributed by atoms with Crippen molar-refractivity contribution < 1.29 is 0 Å². The molecule has 0 aromatic carbocycles. The third kappa shape index (κ3) is 22.9. The first-order chi connectivity index (χ1) is 1.73. The zero-order valence-corrected chi connectivity index (χ0v) is 8.89. The SMILES string of the molecule is IC(I)I.N. The Morgan fingerprint density at radius 3 is 1.00 bits per heavy atom. The fourth-order valence-corrected chi connectivity index (χ4v) is 0. The van der Waals surface area contributed by atoms with Gasteiger partial charge in [0.25, 0.3) is 0 Å². The van der Waals surface area contributed by atoms with Crippen LogP contribution in [-0.4, -0.2) is -0.0619 Å². The Morgan fingerprint density at radius 2 is 1.00 bits per heavy atom. The van der Waals surface area contributed by atoms with Crippen LogP contribution in [-0.2, 0) is 0 Å². The average Bonchev–Trinajstić information content (AvgIpc) is 0.811. The molecule has 34 valence electrons. The van der Waals surface area contributed by atoms with Gasteiger partial charge in [-0.15, -0.1) is 0 Å². The van der Waals surface area contributed by atoms with Gasteiger partial charge in [0.2, 0.25) is 0 Å². The topological polar surface area (TPSA) is 35.0 Å². The number of hydrogen-bond acceptors (Lipinski definition) is 1. The third-order valence-corrected chi connectivity index (χ3v) is 0. The second kappa shape index (κ2) is 6.15. The van der Waals surface area contributed by atoms with Crippen LogP contribution in [0.4, 0.5) is 0 Å². The standard InChI is InChI=1S/CHI3.H3N/c2-1(3)4;/h1H;1H3. The van der Waals surface area contributed by atoms with Crippen LogP contribution in [0, 0.1) is 0 Å². The summed E-state index contributed by atoms with van der Waals surface area (Å²) in [5.41, 5.74) is 0. The normalized spacial score (nSPS) is 7.20. The van der Waals surface area contributed by atoms with E-state index in [-0.39, 0.29) is 6.15 Å². The van der Waals surface area contributed by atoms with Crippen molar-refractivity contribution >= 4 is 67.8 Å². The van der Waals surface area contributed by atoms with E-state index in [1.807, 2.05) is 0 Å².